The fourth-order valence-electron chi connectivity index (χ4n) is 6.41. The first-order valence-corrected chi connectivity index (χ1v) is 10.6. The minimum atomic E-state index is -0.486. The third-order valence-electron chi connectivity index (χ3n) is 7.10. The van der Waals surface area contributed by atoms with E-state index in [0.29, 0.717) is 17.4 Å². The molecule has 1 amide bonds. The van der Waals surface area contributed by atoms with Crippen LogP contribution in [0.3, 0.4) is 0 Å². The van der Waals surface area contributed by atoms with Gasteiger partial charge in [-0.1, -0.05) is 0 Å². The number of carbonyl (C=O) groups excluding carboxylic acids is 1. The second-order valence-electron chi connectivity index (χ2n) is 9.16. The lowest BCUT2D eigenvalue weighted by atomic mass is 9.46. The molecule has 0 spiro atoms. The van der Waals surface area contributed by atoms with Gasteiger partial charge in [-0.05, 0) is 87.8 Å². The standard InChI is InChI=1S/C21H26N2O2S/c1-12(20-7-14-5-15(8-20)10-21(25,9-14)11-20)22-19(24)16-3-4-18-17(6-16)23-13(2)26-18/h3-4,6,12,14-15,25H,5,7-11H2,1-2H3,(H,22,24)/t12-,14+,15+,20?,21?/m0/s1. The van der Waals surface area contributed by atoms with Crippen LogP contribution < -0.4 is 5.32 Å². The maximum absolute atomic E-state index is 12.9. The van der Waals surface area contributed by atoms with E-state index < -0.39 is 5.60 Å². The third kappa shape index (κ3) is 2.59. The number of aliphatic hydroxyl groups is 1. The van der Waals surface area contributed by atoms with Crippen LogP contribution in [0.25, 0.3) is 10.2 Å². The molecular formula is C21H26N2O2S. The maximum Gasteiger partial charge on any atom is 0.251 e. The normalized spacial score (nSPS) is 36.4. The van der Waals surface area contributed by atoms with Gasteiger partial charge in [-0.25, -0.2) is 4.98 Å². The monoisotopic (exact) mass is 370 g/mol. The highest BCUT2D eigenvalue weighted by atomic mass is 32.1. The molecule has 4 fully saturated rings. The van der Waals surface area contributed by atoms with Gasteiger partial charge in [0.15, 0.2) is 0 Å². The fraction of sp³-hybridized carbons (Fsp3) is 0.619. The average molecular weight is 371 g/mol. The van der Waals surface area contributed by atoms with E-state index in [1.54, 1.807) is 11.3 Å². The Kier molecular flexibility index (Phi) is 3.55. The molecule has 0 aliphatic heterocycles. The summed E-state index contributed by atoms with van der Waals surface area (Å²) in [5, 5.41) is 15.3. The van der Waals surface area contributed by atoms with Gasteiger partial charge in [-0.3, -0.25) is 4.79 Å². The molecule has 0 radical (unpaired) electrons. The largest absolute Gasteiger partial charge is 0.390 e. The molecule has 4 aliphatic carbocycles. The van der Waals surface area contributed by atoms with E-state index >= 15 is 0 Å². The van der Waals surface area contributed by atoms with Crippen LogP contribution in [0.2, 0.25) is 0 Å². The number of nitrogens with one attached hydrogen (secondary N) is 1. The smallest absolute Gasteiger partial charge is 0.251 e. The molecule has 4 bridgehead atoms. The predicted octanol–water partition coefficient (Wildman–Crippen LogP) is 4.05. The first-order chi connectivity index (χ1) is 12.3. The summed E-state index contributed by atoms with van der Waals surface area (Å²) in [6.45, 7) is 4.13. The molecular weight excluding hydrogens is 344 g/mol. The Balaban J connectivity index is 1.37. The van der Waals surface area contributed by atoms with Gasteiger partial charge >= 0.3 is 0 Å². The number of aryl methyl sites for hydroxylation is 1. The topological polar surface area (TPSA) is 62.2 Å². The van der Waals surface area contributed by atoms with Gasteiger partial charge in [0.05, 0.1) is 20.8 Å². The third-order valence-corrected chi connectivity index (χ3v) is 8.05. The van der Waals surface area contributed by atoms with Gasteiger partial charge in [-0.15, -0.1) is 11.3 Å². The van der Waals surface area contributed by atoms with Crippen molar-refractivity contribution in [1.82, 2.24) is 10.3 Å². The quantitative estimate of drug-likeness (QED) is 0.857. The Morgan fingerprint density at radius 1 is 1.31 bits per heavy atom. The maximum atomic E-state index is 12.9. The zero-order chi connectivity index (χ0) is 18.1. The minimum Gasteiger partial charge on any atom is -0.390 e. The predicted molar refractivity (Wildman–Crippen MR) is 103 cm³/mol. The summed E-state index contributed by atoms with van der Waals surface area (Å²) in [6.07, 6.45) is 6.34. The van der Waals surface area contributed by atoms with Crippen LogP contribution in [0.5, 0.6) is 0 Å². The molecule has 6 rings (SSSR count). The van der Waals surface area contributed by atoms with Crippen molar-refractivity contribution in [2.75, 3.05) is 0 Å². The lowest BCUT2D eigenvalue weighted by Gasteiger charge is -2.62. The first-order valence-electron chi connectivity index (χ1n) is 9.75. The number of aromatic nitrogens is 1. The Morgan fingerprint density at radius 2 is 2.04 bits per heavy atom. The van der Waals surface area contributed by atoms with E-state index in [0.717, 1.165) is 47.3 Å². The lowest BCUT2D eigenvalue weighted by Crippen LogP contribution is -2.61. The number of benzene rings is 1. The number of thiazole rings is 1. The fourth-order valence-corrected chi connectivity index (χ4v) is 7.22. The number of hydrogen-bond donors (Lipinski definition) is 2. The van der Waals surface area contributed by atoms with Gasteiger partial charge in [-0.2, -0.15) is 0 Å². The summed E-state index contributed by atoms with van der Waals surface area (Å²) >= 11 is 1.65. The van der Waals surface area contributed by atoms with Crippen LogP contribution >= 0.6 is 11.3 Å². The summed E-state index contributed by atoms with van der Waals surface area (Å²) in [7, 11) is 0. The van der Waals surface area contributed by atoms with Crippen molar-refractivity contribution in [3.63, 3.8) is 0 Å². The number of fused-ring (bicyclic) bond motifs is 1. The molecule has 1 heterocycles. The highest BCUT2D eigenvalue weighted by Crippen LogP contribution is 2.62. The highest BCUT2D eigenvalue weighted by Gasteiger charge is 2.59. The average Bonchev–Trinajstić information content (AvgIpc) is 2.91. The number of rotatable bonds is 3. The van der Waals surface area contributed by atoms with Crippen molar-refractivity contribution in [2.45, 2.75) is 64.0 Å². The van der Waals surface area contributed by atoms with E-state index in [9.17, 15) is 9.90 Å². The number of nitrogens with zero attached hydrogens (tertiary/aromatic N) is 1. The molecule has 3 atom stereocenters. The highest BCUT2D eigenvalue weighted by molar-refractivity contribution is 7.18. The van der Waals surface area contributed by atoms with Gasteiger partial charge in [0.2, 0.25) is 0 Å². The summed E-state index contributed by atoms with van der Waals surface area (Å²) in [5.74, 6) is 1.25. The summed E-state index contributed by atoms with van der Waals surface area (Å²) in [6, 6.07) is 5.87. The summed E-state index contributed by atoms with van der Waals surface area (Å²) in [5.41, 5.74) is 1.16. The molecule has 5 heteroatoms. The molecule has 138 valence electrons. The van der Waals surface area contributed by atoms with E-state index in [4.69, 9.17) is 0 Å². The van der Waals surface area contributed by atoms with Crippen LogP contribution in [-0.4, -0.2) is 27.6 Å². The number of carbonyl (C=O) groups is 1. The van der Waals surface area contributed by atoms with Crippen molar-refractivity contribution >= 4 is 27.5 Å². The van der Waals surface area contributed by atoms with Crippen molar-refractivity contribution in [3.05, 3.63) is 28.8 Å². The van der Waals surface area contributed by atoms with Gasteiger partial charge in [0.25, 0.3) is 5.91 Å². The second kappa shape index (κ2) is 5.52. The van der Waals surface area contributed by atoms with E-state index in [-0.39, 0.29) is 17.4 Å². The lowest BCUT2D eigenvalue weighted by molar-refractivity contribution is -0.171. The second-order valence-corrected chi connectivity index (χ2v) is 10.4. The van der Waals surface area contributed by atoms with Crippen LogP contribution in [0.1, 0.15) is 60.8 Å². The van der Waals surface area contributed by atoms with Crippen molar-refractivity contribution < 1.29 is 9.90 Å². The molecule has 4 saturated carbocycles. The SMILES string of the molecule is Cc1nc2cc(C(=O)N[C@@H](C)C34C[C@H]5C[C@@H](CC(O)(C5)C3)C4)ccc2s1. The van der Waals surface area contributed by atoms with E-state index in [2.05, 4.69) is 17.2 Å². The molecule has 0 unspecified atom stereocenters. The van der Waals surface area contributed by atoms with Crippen LogP contribution in [0, 0.1) is 24.2 Å². The van der Waals surface area contributed by atoms with E-state index in [1.807, 2.05) is 25.1 Å². The van der Waals surface area contributed by atoms with Crippen LogP contribution in [0.15, 0.2) is 18.2 Å². The zero-order valence-corrected chi connectivity index (χ0v) is 16.2. The van der Waals surface area contributed by atoms with Gasteiger partial charge in [0.1, 0.15) is 0 Å². The van der Waals surface area contributed by atoms with E-state index in [1.165, 1.54) is 6.42 Å². The number of hydrogen-bond acceptors (Lipinski definition) is 4. The van der Waals surface area contributed by atoms with Gasteiger partial charge in [0, 0.05) is 11.6 Å². The zero-order valence-electron chi connectivity index (χ0n) is 15.4. The van der Waals surface area contributed by atoms with Crippen LogP contribution in [0.4, 0.5) is 0 Å². The molecule has 0 saturated heterocycles. The number of amides is 1. The molecule has 2 aromatic rings. The van der Waals surface area contributed by atoms with Gasteiger partial charge < -0.3 is 10.4 Å². The van der Waals surface area contributed by atoms with Crippen molar-refractivity contribution in [3.8, 4) is 0 Å². The molecule has 4 nitrogen and oxygen atoms in total. The Labute approximate surface area is 158 Å². The molecule has 26 heavy (non-hydrogen) atoms. The molecule has 4 aliphatic rings. The van der Waals surface area contributed by atoms with Crippen LogP contribution in [-0.2, 0) is 0 Å². The molecule has 1 aromatic heterocycles. The molecule has 1 aromatic carbocycles. The van der Waals surface area contributed by atoms with Crippen molar-refractivity contribution in [2.24, 2.45) is 17.3 Å². The Hall–Kier alpha value is -1.46. The Morgan fingerprint density at radius 3 is 2.73 bits per heavy atom. The van der Waals surface area contributed by atoms with Crippen molar-refractivity contribution in [1.29, 1.82) is 0 Å². The summed E-state index contributed by atoms with van der Waals surface area (Å²) in [4.78, 5) is 17.4. The summed E-state index contributed by atoms with van der Waals surface area (Å²) < 4.78 is 1.12. The minimum absolute atomic E-state index is 0.0206. The first kappa shape index (κ1) is 16.7. The Bertz CT molecular complexity index is 875. The molecule has 2 N–H and O–H groups in total.